The van der Waals surface area contributed by atoms with E-state index in [4.69, 9.17) is 23.7 Å². The van der Waals surface area contributed by atoms with Crippen molar-refractivity contribution >= 4 is 0 Å². The SMILES string of the molecule is OC[C@H]1O[C@H](OC[C@H]2O[C@H](O)[C@@H](O)[C@@H](O[C@H]3O[C@H](CO)[C@@H](O)[C@H](O)[C@@H]3O)[C@@H]2O)[C@H](O)[C@@H](O)[C@H]1O. The van der Waals surface area contributed by atoms with Crippen LogP contribution in [0, 0.1) is 0 Å². The lowest BCUT2D eigenvalue weighted by atomic mass is 9.97. The normalized spacial score (nSPS) is 52.5. The summed E-state index contributed by atoms with van der Waals surface area (Å²) in [4.78, 5) is 0. The van der Waals surface area contributed by atoms with E-state index in [0.29, 0.717) is 0 Å². The van der Waals surface area contributed by atoms with Gasteiger partial charge in [-0.2, -0.15) is 0 Å². The van der Waals surface area contributed by atoms with E-state index >= 15 is 0 Å². The Hall–Kier alpha value is -0.640. The molecule has 0 aromatic carbocycles. The highest BCUT2D eigenvalue weighted by molar-refractivity contribution is 4.94. The third kappa shape index (κ3) is 5.52. The van der Waals surface area contributed by atoms with Crippen molar-refractivity contribution in [3.63, 3.8) is 0 Å². The van der Waals surface area contributed by atoms with Crippen molar-refractivity contribution in [1.29, 1.82) is 0 Å². The molecule has 34 heavy (non-hydrogen) atoms. The molecule has 3 rings (SSSR count). The second-order valence-electron chi connectivity index (χ2n) is 8.37. The summed E-state index contributed by atoms with van der Waals surface area (Å²) in [6, 6.07) is 0. The van der Waals surface area contributed by atoms with E-state index in [1.807, 2.05) is 0 Å². The first-order valence-electron chi connectivity index (χ1n) is 10.6. The number of aliphatic hydroxyl groups excluding tert-OH is 11. The van der Waals surface area contributed by atoms with E-state index in [-0.39, 0.29) is 0 Å². The number of hydrogen-bond donors (Lipinski definition) is 11. The van der Waals surface area contributed by atoms with Gasteiger partial charge in [-0.1, -0.05) is 0 Å². The third-order valence-corrected chi connectivity index (χ3v) is 6.07. The topological polar surface area (TPSA) is 269 Å². The van der Waals surface area contributed by atoms with E-state index in [0.717, 1.165) is 0 Å². The van der Waals surface area contributed by atoms with E-state index in [1.165, 1.54) is 0 Å². The summed E-state index contributed by atoms with van der Waals surface area (Å²) in [6.45, 7) is -2.06. The van der Waals surface area contributed by atoms with E-state index in [9.17, 15) is 56.2 Å². The fraction of sp³-hybridized carbons (Fsp3) is 1.00. The molecular weight excluding hydrogens is 472 g/mol. The standard InChI is InChI=1S/C18H32O16/c19-1-4-7(21)10(24)12(26)17(32-4)30-3-6-9(23)15(14(28)16(29)31-6)34-18-13(27)11(25)8(22)5(2-20)33-18/h4-29H,1-3H2/t4-,5-,6-,7+,8-,9-,10+,11+,12-,13+,14+,15+,16+,17+,18-/m1/s1. The maximum atomic E-state index is 10.6. The fourth-order valence-corrected chi connectivity index (χ4v) is 3.94. The molecule has 3 heterocycles. The minimum Gasteiger partial charge on any atom is -0.394 e. The summed E-state index contributed by atoms with van der Waals surface area (Å²) < 4.78 is 26.1. The van der Waals surface area contributed by atoms with Gasteiger partial charge in [0.1, 0.15) is 73.2 Å². The van der Waals surface area contributed by atoms with Gasteiger partial charge in [0, 0.05) is 0 Å². The van der Waals surface area contributed by atoms with Gasteiger partial charge >= 0.3 is 0 Å². The first-order chi connectivity index (χ1) is 16.0. The van der Waals surface area contributed by atoms with E-state index in [2.05, 4.69) is 0 Å². The number of rotatable bonds is 7. The molecule has 3 fully saturated rings. The highest BCUT2D eigenvalue weighted by Crippen LogP contribution is 2.29. The summed E-state index contributed by atoms with van der Waals surface area (Å²) in [5, 5.41) is 109. The predicted octanol–water partition coefficient (Wildman–Crippen LogP) is -7.57. The quantitative estimate of drug-likeness (QED) is 0.154. The lowest BCUT2D eigenvalue weighted by molar-refractivity contribution is -0.361. The summed E-state index contributed by atoms with van der Waals surface area (Å²) in [7, 11) is 0. The molecule has 0 aliphatic carbocycles. The number of aliphatic hydroxyl groups is 11. The Kier molecular flexibility index (Phi) is 9.54. The number of ether oxygens (including phenoxy) is 5. The zero-order chi connectivity index (χ0) is 25.3. The minimum atomic E-state index is -1.93. The molecule has 3 aliphatic rings. The van der Waals surface area contributed by atoms with Gasteiger partial charge < -0.3 is 79.9 Å². The highest BCUT2D eigenvalue weighted by atomic mass is 16.7. The van der Waals surface area contributed by atoms with Crippen LogP contribution in [0.2, 0.25) is 0 Å². The van der Waals surface area contributed by atoms with Crippen molar-refractivity contribution in [2.75, 3.05) is 19.8 Å². The lowest BCUT2D eigenvalue weighted by Gasteiger charge is -2.45. The van der Waals surface area contributed by atoms with Gasteiger partial charge in [0.15, 0.2) is 18.9 Å². The van der Waals surface area contributed by atoms with Crippen molar-refractivity contribution < 1.29 is 79.9 Å². The van der Waals surface area contributed by atoms with Crippen LogP contribution < -0.4 is 0 Å². The van der Waals surface area contributed by atoms with E-state index in [1.54, 1.807) is 0 Å². The molecule has 11 N–H and O–H groups in total. The molecule has 0 saturated carbocycles. The molecule has 0 bridgehead atoms. The first kappa shape index (κ1) is 27.9. The number of hydrogen-bond acceptors (Lipinski definition) is 16. The Morgan fingerprint density at radius 2 is 1.00 bits per heavy atom. The Bertz CT molecular complexity index is 637. The largest absolute Gasteiger partial charge is 0.394 e. The Morgan fingerprint density at radius 1 is 0.500 bits per heavy atom. The van der Waals surface area contributed by atoms with Gasteiger partial charge in [-0.3, -0.25) is 0 Å². The van der Waals surface area contributed by atoms with Crippen LogP contribution >= 0.6 is 0 Å². The van der Waals surface area contributed by atoms with Crippen LogP contribution in [0.25, 0.3) is 0 Å². The van der Waals surface area contributed by atoms with Crippen molar-refractivity contribution in [3.05, 3.63) is 0 Å². The third-order valence-electron chi connectivity index (χ3n) is 6.07. The lowest BCUT2D eigenvalue weighted by Crippen LogP contribution is -2.65. The second kappa shape index (κ2) is 11.6. The maximum Gasteiger partial charge on any atom is 0.187 e. The van der Waals surface area contributed by atoms with Gasteiger partial charge in [0.25, 0.3) is 0 Å². The maximum absolute atomic E-state index is 10.6. The van der Waals surface area contributed by atoms with Crippen LogP contribution in [0.4, 0.5) is 0 Å². The van der Waals surface area contributed by atoms with Crippen LogP contribution in [-0.4, -0.2) is 168 Å². The molecule has 16 nitrogen and oxygen atoms in total. The monoisotopic (exact) mass is 504 g/mol. The van der Waals surface area contributed by atoms with Gasteiger partial charge in [0.2, 0.25) is 0 Å². The smallest absolute Gasteiger partial charge is 0.187 e. The molecular formula is C18H32O16. The molecule has 0 amide bonds. The van der Waals surface area contributed by atoms with Crippen molar-refractivity contribution in [3.8, 4) is 0 Å². The summed E-state index contributed by atoms with van der Waals surface area (Å²) in [5.41, 5.74) is 0. The Balaban J connectivity index is 1.65. The molecule has 0 unspecified atom stereocenters. The van der Waals surface area contributed by atoms with Crippen molar-refractivity contribution in [2.45, 2.75) is 92.1 Å². The van der Waals surface area contributed by atoms with Crippen LogP contribution in [0.15, 0.2) is 0 Å². The zero-order valence-electron chi connectivity index (χ0n) is 17.7. The molecule has 16 heteroatoms. The summed E-state index contributed by atoms with van der Waals surface area (Å²) in [5.74, 6) is 0. The van der Waals surface area contributed by atoms with Crippen molar-refractivity contribution in [2.24, 2.45) is 0 Å². The molecule has 200 valence electrons. The average molecular weight is 504 g/mol. The van der Waals surface area contributed by atoms with Gasteiger partial charge in [-0.15, -0.1) is 0 Å². The molecule has 0 spiro atoms. The molecule has 0 aromatic heterocycles. The van der Waals surface area contributed by atoms with Crippen LogP contribution in [0.5, 0.6) is 0 Å². The predicted molar refractivity (Wildman–Crippen MR) is 101 cm³/mol. The molecule has 15 atom stereocenters. The van der Waals surface area contributed by atoms with Crippen LogP contribution in [0.3, 0.4) is 0 Å². The Labute approximate surface area is 192 Å². The molecule has 3 aliphatic heterocycles. The van der Waals surface area contributed by atoms with Gasteiger partial charge in [-0.05, 0) is 0 Å². The Morgan fingerprint density at radius 3 is 1.53 bits per heavy atom. The highest BCUT2D eigenvalue weighted by Gasteiger charge is 2.51. The second-order valence-corrected chi connectivity index (χ2v) is 8.37. The summed E-state index contributed by atoms with van der Waals surface area (Å²) >= 11 is 0. The fourth-order valence-electron chi connectivity index (χ4n) is 3.94. The van der Waals surface area contributed by atoms with Gasteiger partial charge in [-0.25, -0.2) is 0 Å². The van der Waals surface area contributed by atoms with Crippen molar-refractivity contribution in [1.82, 2.24) is 0 Å². The first-order valence-corrected chi connectivity index (χ1v) is 10.6. The van der Waals surface area contributed by atoms with Crippen LogP contribution in [-0.2, 0) is 23.7 Å². The van der Waals surface area contributed by atoms with Crippen LogP contribution in [0.1, 0.15) is 0 Å². The average Bonchev–Trinajstić information content (AvgIpc) is 2.82. The zero-order valence-corrected chi connectivity index (χ0v) is 17.7. The minimum absolute atomic E-state index is 0.609. The molecule has 3 saturated heterocycles. The van der Waals surface area contributed by atoms with Gasteiger partial charge in [0.05, 0.1) is 19.8 Å². The van der Waals surface area contributed by atoms with E-state index < -0.39 is 112 Å². The molecule has 0 aromatic rings. The summed E-state index contributed by atoms with van der Waals surface area (Å²) in [6.07, 6.45) is -24.9. The molecule has 0 radical (unpaired) electrons.